The largest absolute Gasteiger partial charge is 0.496 e. The van der Waals surface area contributed by atoms with Crippen molar-refractivity contribution >= 4 is 17.4 Å². The SMILES string of the molecule is COc1cccc(F)c1C(=O)C(Cl)c1ccccc1. The molecule has 0 aliphatic heterocycles. The molecule has 4 heteroatoms. The summed E-state index contributed by atoms with van der Waals surface area (Å²) in [6.07, 6.45) is 0. The van der Waals surface area contributed by atoms with Crippen LogP contribution in [0.25, 0.3) is 0 Å². The second-order valence-electron chi connectivity index (χ2n) is 3.95. The van der Waals surface area contributed by atoms with Crippen molar-refractivity contribution in [2.24, 2.45) is 0 Å². The Kier molecular flexibility index (Phi) is 4.17. The van der Waals surface area contributed by atoms with E-state index in [0.29, 0.717) is 5.56 Å². The van der Waals surface area contributed by atoms with Crippen LogP contribution >= 0.6 is 11.6 Å². The number of carbonyl (C=O) groups excluding carboxylic acids is 1. The van der Waals surface area contributed by atoms with Crippen LogP contribution < -0.4 is 4.74 Å². The van der Waals surface area contributed by atoms with Gasteiger partial charge < -0.3 is 4.74 Å². The van der Waals surface area contributed by atoms with E-state index in [9.17, 15) is 9.18 Å². The second kappa shape index (κ2) is 5.85. The van der Waals surface area contributed by atoms with Crippen molar-refractivity contribution in [2.75, 3.05) is 7.11 Å². The summed E-state index contributed by atoms with van der Waals surface area (Å²) in [7, 11) is 1.39. The van der Waals surface area contributed by atoms with Crippen molar-refractivity contribution in [1.82, 2.24) is 0 Å². The molecular weight excluding hydrogens is 267 g/mol. The molecule has 0 heterocycles. The van der Waals surface area contributed by atoms with Crippen molar-refractivity contribution in [3.05, 3.63) is 65.5 Å². The highest BCUT2D eigenvalue weighted by Crippen LogP contribution is 2.30. The number of benzene rings is 2. The van der Waals surface area contributed by atoms with Gasteiger partial charge in [0.2, 0.25) is 0 Å². The average Bonchev–Trinajstić information content (AvgIpc) is 2.46. The van der Waals surface area contributed by atoms with Crippen molar-refractivity contribution in [2.45, 2.75) is 5.38 Å². The number of rotatable bonds is 4. The Morgan fingerprint density at radius 1 is 1.16 bits per heavy atom. The van der Waals surface area contributed by atoms with Gasteiger partial charge in [-0.3, -0.25) is 4.79 Å². The van der Waals surface area contributed by atoms with Gasteiger partial charge in [-0.1, -0.05) is 36.4 Å². The zero-order chi connectivity index (χ0) is 13.8. The van der Waals surface area contributed by atoms with E-state index >= 15 is 0 Å². The minimum absolute atomic E-state index is 0.117. The number of hydrogen-bond donors (Lipinski definition) is 0. The molecular formula is C15H12ClFO2. The second-order valence-corrected chi connectivity index (χ2v) is 4.39. The quantitative estimate of drug-likeness (QED) is 0.624. The topological polar surface area (TPSA) is 26.3 Å². The highest BCUT2D eigenvalue weighted by atomic mass is 35.5. The number of alkyl halides is 1. The summed E-state index contributed by atoms with van der Waals surface area (Å²) in [4.78, 5) is 12.3. The highest BCUT2D eigenvalue weighted by Gasteiger charge is 2.25. The van der Waals surface area contributed by atoms with E-state index in [1.807, 2.05) is 6.07 Å². The Hall–Kier alpha value is -1.87. The molecule has 2 aromatic rings. The lowest BCUT2D eigenvalue weighted by Gasteiger charge is -2.12. The Labute approximate surface area is 115 Å². The van der Waals surface area contributed by atoms with E-state index in [-0.39, 0.29) is 11.3 Å². The van der Waals surface area contributed by atoms with Gasteiger partial charge in [0.05, 0.1) is 12.7 Å². The van der Waals surface area contributed by atoms with Crippen LogP contribution in [0, 0.1) is 5.82 Å². The molecule has 98 valence electrons. The van der Waals surface area contributed by atoms with Crippen molar-refractivity contribution < 1.29 is 13.9 Å². The lowest BCUT2D eigenvalue weighted by Crippen LogP contribution is -2.11. The number of methoxy groups -OCH3 is 1. The fraction of sp³-hybridized carbons (Fsp3) is 0.133. The van der Waals surface area contributed by atoms with Crippen LogP contribution in [0.1, 0.15) is 21.3 Å². The standard InChI is InChI=1S/C15H12ClFO2/c1-19-12-9-5-8-11(17)13(12)15(18)14(16)10-6-3-2-4-7-10/h2-9,14H,1H3. The van der Waals surface area contributed by atoms with E-state index in [2.05, 4.69) is 0 Å². The van der Waals surface area contributed by atoms with Gasteiger partial charge in [-0.15, -0.1) is 11.6 Å². The number of halogens is 2. The van der Waals surface area contributed by atoms with Gasteiger partial charge in [-0.25, -0.2) is 4.39 Å². The third kappa shape index (κ3) is 2.76. The fourth-order valence-electron chi connectivity index (χ4n) is 1.81. The molecule has 0 N–H and O–H groups in total. The van der Waals surface area contributed by atoms with Gasteiger partial charge in [-0.05, 0) is 17.7 Å². The maximum Gasteiger partial charge on any atom is 0.191 e. The first-order chi connectivity index (χ1) is 9.15. The van der Waals surface area contributed by atoms with E-state index in [4.69, 9.17) is 16.3 Å². The normalized spacial score (nSPS) is 11.9. The number of ketones is 1. The molecule has 0 radical (unpaired) electrons. The first-order valence-electron chi connectivity index (χ1n) is 5.71. The summed E-state index contributed by atoms with van der Waals surface area (Å²) in [5.74, 6) is -0.958. The molecule has 2 nitrogen and oxygen atoms in total. The Morgan fingerprint density at radius 3 is 2.47 bits per heavy atom. The molecule has 0 bridgehead atoms. The van der Waals surface area contributed by atoms with E-state index in [1.165, 1.54) is 25.3 Å². The Morgan fingerprint density at radius 2 is 1.84 bits per heavy atom. The van der Waals surface area contributed by atoms with Crippen LogP contribution in [0.3, 0.4) is 0 Å². The summed E-state index contributed by atoms with van der Waals surface area (Å²) in [6, 6.07) is 13.0. The maximum atomic E-state index is 13.8. The fourth-order valence-corrected chi connectivity index (χ4v) is 2.07. The minimum atomic E-state index is -0.938. The molecule has 0 saturated heterocycles. The Balaban J connectivity index is 2.40. The number of hydrogen-bond acceptors (Lipinski definition) is 2. The van der Waals surface area contributed by atoms with Gasteiger partial charge >= 0.3 is 0 Å². The van der Waals surface area contributed by atoms with Crippen LogP contribution in [-0.4, -0.2) is 12.9 Å². The molecule has 0 fully saturated rings. The predicted molar refractivity (Wildman–Crippen MR) is 72.3 cm³/mol. The van der Waals surface area contributed by atoms with E-state index in [1.54, 1.807) is 24.3 Å². The molecule has 0 saturated carbocycles. The van der Waals surface area contributed by atoms with E-state index < -0.39 is 17.0 Å². The lowest BCUT2D eigenvalue weighted by atomic mass is 10.0. The van der Waals surface area contributed by atoms with Crippen LogP contribution in [0.15, 0.2) is 48.5 Å². The van der Waals surface area contributed by atoms with Crippen LogP contribution in [0.2, 0.25) is 0 Å². The van der Waals surface area contributed by atoms with Crippen molar-refractivity contribution in [1.29, 1.82) is 0 Å². The minimum Gasteiger partial charge on any atom is -0.496 e. The average molecular weight is 279 g/mol. The summed E-state index contributed by atoms with van der Waals surface area (Å²) in [5.41, 5.74) is 0.508. The van der Waals surface area contributed by atoms with Crippen LogP contribution in [0.4, 0.5) is 4.39 Å². The van der Waals surface area contributed by atoms with Gasteiger partial charge in [0.15, 0.2) is 5.78 Å². The highest BCUT2D eigenvalue weighted by molar-refractivity contribution is 6.34. The predicted octanol–water partition coefficient (Wildman–Crippen LogP) is 4.00. The summed E-state index contributed by atoms with van der Waals surface area (Å²) < 4.78 is 18.8. The van der Waals surface area contributed by atoms with Gasteiger partial charge in [0.1, 0.15) is 16.9 Å². The Bertz CT molecular complexity index is 584. The van der Waals surface area contributed by atoms with Crippen LogP contribution in [-0.2, 0) is 0 Å². The molecule has 0 aliphatic rings. The zero-order valence-corrected chi connectivity index (χ0v) is 11.0. The molecule has 0 amide bonds. The molecule has 2 rings (SSSR count). The molecule has 2 aromatic carbocycles. The first-order valence-corrected chi connectivity index (χ1v) is 6.14. The molecule has 19 heavy (non-hydrogen) atoms. The molecule has 0 aromatic heterocycles. The molecule has 1 atom stereocenters. The molecule has 0 spiro atoms. The van der Waals surface area contributed by atoms with Crippen molar-refractivity contribution in [3.63, 3.8) is 0 Å². The monoisotopic (exact) mass is 278 g/mol. The summed E-state index contributed by atoms with van der Waals surface area (Å²) >= 11 is 6.12. The van der Waals surface area contributed by atoms with Crippen LogP contribution in [0.5, 0.6) is 5.75 Å². The third-order valence-electron chi connectivity index (χ3n) is 2.76. The number of Topliss-reactive ketones (excluding diaryl/α,β-unsaturated/α-hetero) is 1. The van der Waals surface area contributed by atoms with Gasteiger partial charge in [0.25, 0.3) is 0 Å². The zero-order valence-electron chi connectivity index (χ0n) is 10.3. The molecule has 0 aliphatic carbocycles. The van der Waals surface area contributed by atoms with Gasteiger partial charge in [0, 0.05) is 0 Å². The first kappa shape index (κ1) is 13.6. The number of carbonyl (C=O) groups is 1. The molecule has 1 unspecified atom stereocenters. The lowest BCUT2D eigenvalue weighted by molar-refractivity contribution is 0.0980. The summed E-state index contributed by atoms with van der Waals surface area (Å²) in [6.45, 7) is 0. The maximum absolute atomic E-state index is 13.8. The summed E-state index contributed by atoms with van der Waals surface area (Å²) in [5, 5.41) is -0.938. The number of ether oxygens (including phenoxy) is 1. The third-order valence-corrected chi connectivity index (χ3v) is 3.21. The smallest absolute Gasteiger partial charge is 0.191 e. The van der Waals surface area contributed by atoms with Gasteiger partial charge in [-0.2, -0.15) is 0 Å². The van der Waals surface area contributed by atoms with E-state index in [0.717, 1.165) is 0 Å². The van der Waals surface area contributed by atoms with Crippen molar-refractivity contribution in [3.8, 4) is 5.75 Å².